The lowest BCUT2D eigenvalue weighted by Crippen LogP contribution is -2.19. The summed E-state index contributed by atoms with van der Waals surface area (Å²) in [5, 5.41) is 2.15. The standard InChI is InChI=1S/C22H16N2O4/c23-20(25)13-27-18-9-5-14(6-10-18)11-19-22(26)28-21(24-19)17-8-7-15-3-1-2-4-16(15)12-17/h1-12H,13H2,(H2,23,25). The van der Waals surface area contributed by atoms with E-state index in [0.29, 0.717) is 5.75 Å². The Morgan fingerprint density at radius 3 is 2.54 bits per heavy atom. The third-order valence-electron chi connectivity index (χ3n) is 4.18. The SMILES string of the molecule is NC(=O)COc1ccc(C=C2N=C(c3ccc4ccccc4c3)OC2=O)cc1. The number of fused-ring (bicyclic) bond motifs is 1. The van der Waals surface area contributed by atoms with Crippen LogP contribution in [0.4, 0.5) is 0 Å². The normalized spacial score (nSPS) is 14.8. The van der Waals surface area contributed by atoms with Crippen LogP contribution in [-0.2, 0) is 14.3 Å². The molecule has 0 aliphatic carbocycles. The topological polar surface area (TPSA) is 91.0 Å². The Hall–Kier alpha value is -3.93. The Bertz CT molecular complexity index is 1130. The second-order valence-electron chi connectivity index (χ2n) is 6.22. The van der Waals surface area contributed by atoms with Crippen LogP contribution in [-0.4, -0.2) is 24.4 Å². The van der Waals surface area contributed by atoms with Gasteiger partial charge in [0, 0.05) is 5.56 Å². The molecule has 1 aliphatic heterocycles. The van der Waals surface area contributed by atoms with E-state index in [-0.39, 0.29) is 18.2 Å². The van der Waals surface area contributed by atoms with E-state index >= 15 is 0 Å². The fourth-order valence-electron chi connectivity index (χ4n) is 2.83. The van der Waals surface area contributed by atoms with E-state index in [1.54, 1.807) is 30.3 Å². The highest BCUT2D eigenvalue weighted by Gasteiger charge is 2.24. The van der Waals surface area contributed by atoms with Crippen LogP contribution in [0.15, 0.2) is 77.4 Å². The number of nitrogens with zero attached hydrogens (tertiary/aromatic N) is 1. The lowest BCUT2D eigenvalue weighted by atomic mass is 10.1. The molecule has 1 heterocycles. The van der Waals surface area contributed by atoms with Crippen LogP contribution in [0.2, 0.25) is 0 Å². The molecule has 0 unspecified atom stereocenters. The molecule has 3 aromatic carbocycles. The maximum absolute atomic E-state index is 12.2. The summed E-state index contributed by atoms with van der Waals surface area (Å²) < 4.78 is 10.5. The number of carbonyl (C=O) groups excluding carboxylic acids is 2. The van der Waals surface area contributed by atoms with Crippen molar-refractivity contribution in [3.63, 3.8) is 0 Å². The molecule has 0 atom stereocenters. The molecular formula is C22H16N2O4. The molecule has 1 amide bonds. The minimum absolute atomic E-state index is 0.188. The number of amides is 1. The predicted molar refractivity (Wildman–Crippen MR) is 106 cm³/mol. The first-order chi connectivity index (χ1) is 13.6. The summed E-state index contributed by atoms with van der Waals surface area (Å²) in [7, 11) is 0. The van der Waals surface area contributed by atoms with E-state index in [2.05, 4.69) is 4.99 Å². The van der Waals surface area contributed by atoms with E-state index in [1.807, 2.05) is 42.5 Å². The van der Waals surface area contributed by atoms with Crippen LogP contribution < -0.4 is 10.5 Å². The highest BCUT2D eigenvalue weighted by atomic mass is 16.6. The zero-order valence-corrected chi connectivity index (χ0v) is 14.8. The number of hydrogen-bond acceptors (Lipinski definition) is 5. The van der Waals surface area contributed by atoms with Crippen molar-refractivity contribution in [2.75, 3.05) is 6.61 Å². The number of carbonyl (C=O) groups is 2. The Labute approximate surface area is 160 Å². The van der Waals surface area contributed by atoms with Gasteiger partial charge in [-0.1, -0.05) is 42.5 Å². The maximum Gasteiger partial charge on any atom is 0.363 e. The number of benzene rings is 3. The molecule has 6 heteroatoms. The molecule has 0 aromatic heterocycles. The van der Waals surface area contributed by atoms with Gasteiger partial charge >= 0.3 is 5.97 Å². The molecule has 0 fully saturated rings. The molecule has 4 rings (SSSR count). The van der Waals surface area contributed by atoms with Gasteiger partial charge in [0.05, 0.1) is 0 Å². The predicted octanol–water partition coefficient (Wildman–Crippen LogP) is 3.05. The molecule has 0 bridgehead atoms. The molecule has 6 nitrogen and oxygen atoms in total. The van der Waals surface area contributed by atoms with Crippen LogP contribution in [0.5, 0.6) is 5.75 Å². The zero-order chi connectivity index (χ0) is 19.5. The molecule has 0 saturated carbocycles. The van der Waals surface area contributed by atoms with Crippen molar-refractivity contribution in [1.29, 1.82) is 0 Å². The highest BCUT2D eigenvalue weighted by molar-refractivity contribution is 6.13. The highest BCUT2D eigenvalue weighted by Crippen LogP contribution is 2.23. The fourth-order valence-corrected chi connectivity index (χ4v) is 2.83. The van der Waals surface area contributed by atoms with Crippen molar-refractivity contribution >= 4 is 34.6 Å². The maximum atomic E-state index is 12.2. The minimum atomic E-state index is -0.546. The van der Waals surface area contributed by atoms with Gasteiger partial charge < -0.3 is 15.2 Å². The summed E-state index contributed by atoms with van der Waals surface area (Å²) in [6.45, 7) is -0.188. The monoisotopic (exact) mass is 372 g/mol. The van der Waals surface area contributed by atoms with Gasteiger partial charge in [-0.25, -0.2) is 9.79 Å². The number of aliphatic imine (C=N–C) groups is 1. The molecule has 2 N–H and O–H groups in total. The van der Waals surface area contributed by atoms with Gasteiger partial charge in [0.2, 0.25) is 5.90 Å². The van der Waals surface area contributed by atoms with Crippen molar-refractivity contribution in [3.8, 4) is 5.75 Å². The smallest absolute Gasteiger partial charge is 0.363 e. The number of rotatable bonds is 5. The Balaban J connectivity index is 1.56. The van der Waals surface area contributed by atoms with E-state index in [0.717, 1.165) is 21.9 Å². The molecule has 0 radical (unpaired) electrons. The van der Waals surface area contributed by atoms with E-state index in [4.69, 9.17) is 15.2 Å². The third-order valence-corrected chi connectivity index (χ3v) is 4.18. The van der Waals surface area contributed by atoms with Crippen molar-refractivity contribution in [1.82, 2.24) is 0 Å². The van der Waals surface area contributed by atoms with Crippen LogP contribution in [0, 0.1) is 0 Å². The van der Waals surface area contributed by atoms with Crippen LogP contribution in [0.25, 0.3) is 16.8 Å². The van der Waals surface area contributed by atoms with Gasteiger partial charge in [0.15, 0.2) is 12.3 Å². The van der Waals surface area contributed by atoms with Crippen molar-refractivity contribution < 1.29 is 19.1 Å². The number of cyclic esters (lactones) is 1. The first-order valence-electron chi connectivity index (χ1n) is 8.61. The quantitative estimate of drug-likeness (QED) is 0.550. The average molecular weight is 372 g/mol. The van der Waals surface area contributed by atoms with Crippen molar-refractivity contribution in [2.24, 2.45) is 10.7 Å². The van der Waals surface area contributed by atoms with Crippen molar-refractivity contribution in [3.05, 3.63) is 83.6 Å². The fraction of sp³-hybridized carbons (Fsp3) is 0.0455. The molecule has 0 spiro atoms. The Morgan fingerprint density at radius 1 is 1.04 bits per heavy atom. The Morgan fingerprint density at radius 2 is 1.79 bits per heavy atom. The van der Waals surface area contributed by atoms with E-state index in [9.17, 15) is 9.59 Å². The first kappa shape index (κ1) is 17.5. The number of esters is 1. The lowest BCUT2D eigenvalue weighted by molar-refractivity contribution is -0.130. The Kier molecular flexibility index (Phi) is 4.60. The number of nitrogens with two attached hydrogens (primary N) is 1. The molecule has 28 heavy (non-hydrogen) atoms. The molecule has 1 aliphatic rings. The van der Waals surface area contributed by atoms with Crippen LogP contribution in [0.3, 0.4) is 0 Å². The van der Waals surface area contributed by atoms with E-state index in [1.165, 1.54) is 0 Å². The van der Waals surface area contributed by atoms with Crippen LogP contribution in [0.1, 0.15) is 11.1 Å². The number of primary amides is 1. The summed E-state index contributed by atoms with van der Waals surface area (Å²) in [5.74, 6) is -0.258. The van der Waals surface area contributed by atoms with Gasteiger partial charge in [-0.2, -0.15) is 0 Å². The van der Waals surface area contributed by atoms with Crippen molar-refractivity contribution in [2.45, 2.75) is 0 Å². The second kappa shape index (κ2) is 7.36. The van der Waals surface area contributed by atoms with Gasteiger partial charge in [0.1, 0.15) is 5.75 Å². The number of ether oxygens (including phenoxy) is 2. The number of hydrogen-bond donors (Lipinski definition) is 1. The van der Waals surface area contributed by atoms with Crippen LogP contribution >= 0.6 is 0 Å². The molecule has 3 aromatic rings. The van der Waals surface area contributed by atoms with Gasteiger partial charge in [-0.15, -0.1) is 0 Å². The second-order valence-corrected chi connectivity index (χ2v) is 6.22. The van der Waals surface area contributed by atoms with Gasteiger partial charge in [-0.05, 0) is 46.7 Å². The average Bonchev–Trinajstić information content (AvgIpc) is 3.07. The summed E-state index contributed by atoms with van der Waals surface area (Å²) in [4.78, 5) is 27.3. The zero-order valence-electron chi connectivity index (χ0n) is 14.8. The summed E-state index contributed by atoms with van der Waals surface area (Å²) in [6, 6.07) is 20.6. The third kappa shape index (κ3) is 3.76. The molecular weight excluding hydrogens is 356 g/mol. The first-order valence-corrected chi connectivity index (χ1v) is 8.61. The van der Waals surface area contributed by atoms with E-state index < -0.39 is 11.9 Å². The molecule has 0 saturated heterocycles. The minimum Gasteiger partial charge on any atom is -0.484 e. The molecule has 138 valence electrons. The summed E-state index contributed by atoms with van der Waals surface area (Å²) in [6.07, 6.45) is 1.63. The summed E-state index contributed by atoms with van der Waals surface area (Å²) in [5.41, 5.74) is 6.76. The van der Waals surface area contributed by atoms with Gasteiger partial charge in [-0.3, -0.25) is 4.79 Å². The lowest BCUT2D eigenvalue weighted by Gasteiger charge is -2.03. The largest absolute Gasteiger partial charge is 0.484 e. The summed E-state index contributed by atoms with van der Waals surface area (Å²) >= 11 is 0. The van der Waals surface area contributed by atoms with Gasteiger partial charge in [0.25, 0.3) is 5.91 Å².